The number of rotatable bonds is 3. The van der Waals surface area contributed by atoms with E-state index >= 15 is 0 Å². The lowest BCUT2D eigenvalue weighted by Crippen LogP contribution is -2.50. The molecule has 0 amide bonds. The van der Waals surface area contributed by atoms with Crippen LogP contribution in [-0.4, -0.2) is 53.9 Å². The fourth-order valence-corrected chi connectivity index (χ4v) is 2.60. The highest BCUT2D eigenvalue weighted by molar-refractivity contribution is 5.86. The van der Waals surface area contributed by atoms with Crippen molar-refractivity contribution in [2.75, 3.05) is 38.3 Å². The van der Waals surface area contributed by atoms with Crippen molar-refractivity contribution in [1.82, 2.24) is 19.9 Å². The molecule has 2 aromatic heterocycles. The highest BCUT2D eigenvalue weighted by atomic mass is 16.5. The maximum absolute atomic E-state index is 5.57. The van der Waals surface area contributed by atoms with Crippen molar-refractivity contribution in [1.29, 1.82) is 0 Å². The molecule has 1 saturated heterocycles. The molecule has 0 aromatic carbocycles. The van der Waals surface area contributed by atoms with Crippen LogP contribution in [0.15, 0.2) is 18.6 Å². The monoisotopic (exact) mass is 261 g/mol. The van der Waals surface area contributed by atoms with Gasteiger partial charge in [0.05, 0.1) is 31.1 Å². The van der Waals surface area contributed by atoms with Crippen molar-refractivity contribution in [2.45, 2.75) is 6.04 Å². The van der Waals surface area contributed by atoms with Gasteiger partial charge in [0.2, 0.25) is 0 Å². The van der Waals surface area contributed by atoms with Crippen molar-refractivity contribution in [3.05, 3.63) is 18.6 Å². The van der Waals surface area contributed by atoms with E-state index in [1.165, 1.54) is 0 Å². The Labute approximate surface area is 112 Å². The number of aryl methyl sites for hydroxylation is 1. The molecule has 0 saturated carbocycles. The van der Waals surface area contributed by atoms with E-state index in [1.807, 2.05) is 37.3 Å². The molecule has 1 unspecified atom stereocenters. The van der Waals surface area contributed by atoms with Crippen LogP contribution in [0.25, 0.3) is 11.0 Å². The Kier molecular flexibility index (Phi) is 3.35. The second-order valence-electron chi connectivity index (χ2n) is 4.84. The molecule has 19 heavy (non-hydrogen) atoms. The summed E-state index contributed by atoms with van der Waals surface area (Å²) in [5.74, 6) is 0.960. The lowest BCUT2D eigenvalue weighted by atomic mass is 10.2. The maximum Gasteiger partial charge on any atom is 0.157 e. The van der Waals surface area contributed by atoms with E-state index in [-0.39, 0.29) is 0 Å². The van der Waals surface area contributed by atoms with Gasteiger partial charge in [0, 0.05) is 26.3 Å². The number of nitrogens with one attached hydrogen (secondary N) is 1. The van der Waals surface area contributed by atoms with E-state index in [2.05, 4.69) is 20.2 Å². The van der Waals surface area contributed by atoms with Crippen molar-refractivity contribution in [3.63, 3.8) is 0 Å². The van der Waals surface area contributed by atoms with Gasteiger partial charge in [-0.2, -0.15) is 0 Å². The molecule has 6 nitrogen and oxygen atoms in total. The third-order valence-electron chi connectivity index (χ3n) is 3.56. The summed E-state index contributed by atoms with van der Waals surface area (Å²) < 4.78 is 7.59. The third-order valence-corrected chi connectivity index (χ3v) is 3.56. The van der Waals surface area contributed by atoms with Gasteiger partial charge in [-0.3, -0.25) is 0 Å². The van der Waals surface area contributed by atoms with Crippen LogP contribution in [0.4, 0.5) is 5.82 Å². The van der Waals surface area contributed by atoms with Crippen LogP contribution >= 0.6 is 0 Å². The van der Waals surface area contributed by atoms with E-state index in [9.17, 15) is 0 Å². The Morgan fingerprint density at radius 1 is 1.47 bits per heavy atom. The number of morpholine rings is 1. The lowest BCUT2D eigenvalue weighted by molar-refractivity contribution is 0.0940. The van der Waals surface area contributed by atoms with Gasteiger partial charge in [-0.25, -0.2) is 9.97 Å². The number of nitrogens with zero attached hydrogens (tertiary/aromatic N) is 4. The summed E-state index contributed by atoms with van der Waals surface area (Å²) in [6.07, 6.45) is 3.69. The summed E-state index contributed by atoms with van der Waals surface area (Å²) in [6, 6.07) is 2.30. The number of hydrogen-bond acceptors (Lipinski definition) is 5. The Bertz CT molecular complexity index is 565. The molecule has 1 aliphatic rings. The van der Waals surface area contributed by atoms with Gasteiger partial charge in [-0.05, 0) is 13.1 Å². The molecule has 3 heterocycles. The van der Waals surface area contributed by atoms with Gasteiger partial charge in [0.1, 0.15) is 5.52 Å². The number of anilines is 1. The van der Waals surface area contributed by atoms with Gasteiger partial charge in [-0.1, -0.05) is 0 Å². The van der Waals surface area contributed by atoms with E-state index in [0.29, 0.717) is 6.04 Å². The Balaban J connectivity index is 2.01. The fraction of sp³-hybridized carbons (Fsp3) is 0.538. The van der Waals surface area contributed by atoms with Crippen molar-refractivity contribution in [2.24, 2.45) is 7.05 Å². The number of imidazole rings is 1. The third kappa shape index (κ3) is 2.17. The summed E-state index contributed by atoms with van der Waals surface area (Å²) in [6.45, 7) is 3.21. The fourth-order valence-electron chi connectivity index (χ4n) is 2.60. The molecule has 0 radical (unpaired) electrons. The zero-order valence-corrected chi connectivity index (χ0v) is 11.3. The van der Waals surface area contributed by atoms with Gasteiger partial charge in [0.15, 0.2) is 5.82 Å². The molecule has 1 atom stereocenters. The molecule has 3 rings (SSSR count). The smallest absolute Gasteiger partial charge is 0.157 e. The maximum atomic E-state index is 5.57. The average molecular weight is 261 g/mol. The summed E-state index contributed by atoms with van der Waals surface area (Å²) in [7, 11) is 3.96. The van der Waals surface area contributed by atoms with Crippen molar-refractivity contribution < 1.29 is 4.74 Å². The molecule has 1 aliphatic heterocycles. The molecule has 0 spiro atoms. The number of ether oxygens (including phenoxy) is 1. The first-order valence-electron chi connectivity index (χ1n) is 6.56. The molecule has 0 bridgehead atoms. The normalized spacial score (nSPS) is 20.1. The van der Waals surface area contributed by atoms with Crippen LogP contribution in [0, 0.1) is 0 Å². The van der Waals surface area contributed by atoms with Crippen LogP contribution in [0.1, 0.15) is 0 Å². The van der Waals surface area contributed by atoms with Crippen molar-refractivity contribution in [3.8, 4) is 0 Å². The first kappa shape index (κ1) is 12.4. The zero-order valence-electron chi connectivity index (χ0n) is 11.3. The van der Waals surface area contributed by atoms with Crippen LogP contribution < -0.4 is 10.2 Å². The van der Waals surface area contributed by atoms with Gasteiger partial charge >= 0.3 is 0 Å². The molecule has 0 aliphatic carbocycles. The van der Waals surface area contributed by atoms with Gasteiger partial charge in [-0.15, -0.1) is 0 Å². The molecule has 6 heteroatoms. The van der Waals surface area contributed by atoms with E-state index in [0.717, 1.165) is 43.2 Å². The highest BCUT2D eigenvalue weighted by Crippen LogP contribution is 2.25. The first-order chi connectivity index (χ1) is 9.31. The lowest BCUT2D eigenvalue weighted by Gasteiger charge is -2.36. The summed E-state index contributed by atoms with van der Waals surface area (Å²) in [5, 5.41) is 3.22. The summed E-state index contributed by atoms with van der Waals surface area (Å²) in [5.41, 5.74) is 2.08. The molecule has 102 valence electrons. The molecular formula is C13H19N5O. The van der Waals surface area contributed by atoms with Crippen molar-refractivity contribution >= 4 is 16.9 Å². The number of pyridine rings is 1. The Morgan fingerprint density at radius 3 is 3.21 bits per heavy atom. The first-order valence-corrected chi connectivity index (χ1v) is 6.56. The second kappa shape index (κ2) is 5.14. The van der Waals surface area contributed by atoms with Crippen LogP contribution in [0.2, 0.25) is 0 Å². The van der Waals surface area contributed by atoms with E-state index in [4.69, 9.17) is 4.74 Å². The number of fused-ring (bicyclic) bond motifs is 1. The molecule has 1 fully saturated rings. The van der Waals surface area contributed by atoms with Gasteiger partial charge in [0.25, 0.3) is 0 Å². The summed E-state index contributed by atoms with van der Waals surface area (Å²) >= 11 is 0. The van der Waals surface area contributed by atoms with Gasteiger partial charge < -0.3 is 19.5 Å². The Morgan fingerprint density at radius 2 is 2.37 bits per heavy atom. The SMILES string of the molecule is CNCC1COCCN1c1nccc2c1ncn2C. The average Bonchev–Trinajstić information content (AvgIpc) is 2.82. The largest absolute Gasteiger partial charge is 0.377 e. The minimum Gasteiger partial charge on any atom is -0.377 e. The minimum absolute atomic E-state index is 0.304. The molecule has 2 aromatic rings. The predicted molar refractivity (Wildman–Crippen MR) is 74.4 cm³/mol. The quantitative estimate of drug-likeness (QED) is 0.866. The van der Waals surface area contributed by atoms with Crippen LogP contribution in [0.5, 0.6) is 0 Å². The number of aromatic nitrogens is 3. The number of likely N-dealkylation sites (N-methyl/N-ethyl adjacent to an activating group) is 1. The Hall–Kier alpha value is -1.66. The molecular weight excluding hydrogens is 242 g/mol. The van der Waals surface area contributed by atoms with E-state index < -0.39 is 0 Å². The summed E-state index contributed by atoms with van der Waals surface area (Å²) in [4.78, 5) is 11.3. The van der Waals surface area contributed by atoms with Crippen LogP contribution in [-0.2, 0) is 11.8 Å². The zero-order chi connectivity index (χ0) is 13.2. The topological polar surface area (TPSA) is 55.2 Å². The highest BCUT2D eigenvalue weighted by Gasteiger charge is 2.25. The number of hydrogen-bond donors (Lipinski definition) is 1. The standard InChI is InChI=1S/C13H19N5O/c1-14-7-10-8-19-6-5-18(10)13-12-11(3-4-15-13)17(2)9-16-12/h3-4,9-10,14H,5-8H2,1-2H3. The molecule has 1 N–H and O–H groups in total. The minimum atomic E-state index is 0.304. The second-order valence-corrected chi connectivity index (χ2v) is 4.84. The predicted octanol–water partition coefficient (Wildman–Crippen LogP) is 0.393. The van der Waals surface area contributed by atoms with E-state index in [1.54, 1.807) is 0 Å². The van der Waals surface area contributed by atoms with Crippen LogP contribution in [0.3, 0.4) is 0 Å².